The fourth-order valence-electron chi connectivity index (χ4n) is 11.1. The molecule has 4 fully saturated rings. The Morgan fingerprint density at radius 3 is 2.24 bits per heavy atom. The zero-order chi connectivity index (χ0) is 59.0. The smallest absolute Gasteiger partial charge is 0.230 e. The van der Waals surface area contributed by atoms with Crippen LogP contribution in [-0.2, 0) is 14.3 Å². The summed E-state index contributed by atoms with van der Waals surface area (Å²) in [6, 6.07) is 18.4. The maximum absolute atomic E-state index is 12.8. The Morgan fingerprint density at radius 1 is 0.951 bits per heavy atom. The third kappa shape index (κ3) is 19.0. The average molecular weight is 1120 g/mol. The van der Waals surface area contributed by atoms with Gasteiger partial charge in [0.1, 0.15) is 17.4 Å². The predicted molar refractivity (Wildman–Crippen MR) is 327 cm³/mol. The number of amides is 2. The molecule has 18 heteroatoms. The summed E-state index contributed by atoms with van der Waals surface area (Å²) in [5.41, 5.74) is 13.7. The molecular weight excluding hydrogens is 1030 g/mol. The number of allylic oxidation sites excluding steroid dienone is 1. The van der Waals surface area contributed by atoms with Crippen molar-refractivity contribution in [2.75, 3.05) is 64.4 Å². The minimum atomic E-state index is -0.356. The number of likely N-dealkylation sites (tertiary alicyclic amines) is 2. The summed E-state index contributed by atoms with van der Waals surface area (Å²) >= 11 is 0. The van der Waals surface area contributed by atoms with Gasteiger partial charge in [-0.3, -0.25) is 19.7 Å². The third-order valence-electron chi connectivity index (χ3n) is 16.6. The molecule has 3 saturated heterocycles. The van der Waals surface area contributed by atoms with Gasteiger partial charge in [-0.2, -0.15) is 5.10 Å². The van der Waals surface area contributed by atoms with Crippen LogP contribution in [0.4, 0.5) is 5.82 Å². The van der Waals surface area contributed by atoms with E-state index < -0.39 is 0 Å². The topological polar surface area (TPSA) is 247 Å². The van der Waals surface area contributed by atoms with Crippen molar-refractivity contribution in [2.45, 2.75) is 155 Å². The fourth-order valence-corrected chi connectivity index (χ4v) is 11.1. The van der Waals surface area contributed by atoms with Gasteiger partial charge in [0, 0.05) is 88.3 Å². The Labute approximate surface area is 487 Å². The number of aryl methyl sites for hydroxylation is 1. The van der Waals surface area contributed by atoms with E-state index in [4.69, 9.17) is 30.6 Å². The van der Waals surface area contributed by atoms with Crippen molar-refractivity contribution in [3.8, 4) is 23.3 Å². The van der Waals surface area contributed by atoms with E-state index in [2.05, 4.69) is 109 Å². The molecule has 3 atom stereocenters. The first-order valence-corrected chi connectivity index (χ1v) is 29.9. The predicted octanol–water partition coefficient (Wildman–Crippen LogP) is 9.90. The highest BCUT2D eigenvalue weighted by atomic mass is 16.5. The van der Waals surface area contributed by atoms with Crippen molar-refractivity contribution < 1.29 is 24.0 Å². The summed E-state index contributed by atoms with van der Waals surface area (Å²) in [5, 5.41) is 38.0. The molecule has 3 aliphatic heterocycles. The van der Waals surface area contributed by atoms with E-state index in [0.717, 1.165) is 106 Å². The van der Waals surface area contributed by atoms with Crippen LogP contribution >= 0.6 is 0 Å². The molecule has 0 bridgehead atoms. The third-order valence-corrected chi connectivity index (χ3v) is 16.6. The molecule has 2 amide bonds. The fraction of sp³-hybridized carbons (Fsp3) is 0.547. The Balaban J connectivity index is 0.000000247. The van der Waals surface area contributed by atoms with Gasteiger partial charge in [0.05, 0.1) is 41.1 Å². The van der Waals surface area contributed by atoms with Gasteiger partial charge in [-0.15, -0.1) is 0 Å². The number of para-hydroxylation sites is 1. The molecule has 3 unspecified atom stereocenters. The van der Waals surface area contributed by atoms with Gasteiger partial charge >= 0.3 is 0 Å². The van der Waals surface area contributed by atoms with Gasteiger partial charge in [0.25, 0.3) is 0 Å². The number of nitrogens with zero attached hydrogens (tertiary/aromatic N) is 8. The molecule has 5 aromatic rings. The second kappa shape index (κ2) is 33.1. The second-order valence-electron chi connectivity index (χ2n) is 22.5. The maximum Gasteiger partial charge on any atom is 0.230 e. The molecule has 9 rings (SSSR count). The first-order chi connectivity index (χ1) is 39.7. The van der Waals surface area contributed by atoms with E-state index in [1.54, 1.807) is 24.4 Å². The number of unbranched alkanes of at least 4 members (excludes halogenated alkanes) is 1. The number of nitrogens with one attached hydrogen (secondary N) is 3. The molecule has 0 radical (unpaired) electrons. The lowest BCUT2D eigenvalue weighted by Crippen LogP contribution is -2.45. The first kappa shape index (κ1) is 64.1. The van der Waals surface area contributed by atoms with Crippen LogP contribution in [0.15, 0.2) is 95.6 Å². The normalized spacial score (nSPS) is 17.6. The number of benzene rings is 2. The summed E-state index contributed by atoms with van der Waals surface area (Å²) in [7, 11) is 1.83. The Hall–Kier alpha value is -7.07. The number of anilines is 1. The molecule has 2 aromatic carbocycles. The quantitative estimate of drug-likeness (QED) is 0.0149. The minimum Gasteiger partial charge on any atom is -0.507 e. The SMILES string of the molecule is CC(C1CCN(C2CCC2)CC1)n1cc(C#C/C(=C/C(=N)c2ccccc2O)C(=N)N)cn1.CCC.COC1CCN(CC2CCN(c3cc(C(C)C(=O)NCCCCC(C)c4ccc(-n5ccnc5C)cc4)on3)CC2)CC1.NC=O. The van der Waals surface area contributed by atoms with Crippen molar-refractivity contribution in [3.05, 3.63) is 119 Å². The number of methoxy groups -OCH3 is 1. The highest BCUT2D eigenvalue weighted by Crippen LogP contribution is 2.34. The number of primary amides is 1. The molecule has 4 aliphatic rings. The molecule has 82 heavy (non-hydrogen) atoms. The average Bonchev–Trinajstić information content (AvgIpc) is 4.37. The highest BCUT2D eigenvalue weighted by Gasteiger charge is 2.32. The molecular formula is C64H93N13O5. The number of hydrogen-bond acceptors (Lipinski definition) is 13. The van der Waals surface area contributed by atoms with Crippen LogP contribution in [0.25, 0.3) is 5.69 Å². The number of rotatable bonds is 19. The molecule has 1 aliphatic carbocycles. The first-order valence-electron chi connectivity index (χ1n) is 29.9. The van der Waals surface area contributed by atoms with Crippen LogP contribution in [0.3, 0.4) is 0 Å². The number of carbonyl (C=O) groups excluding carboxylic acids is 2. The molecule has 3 aromatic heterocycles. The van der Waals surface area contributed by atoms with E-state index in [9.17, 15) is 9.90 Å². The Kier molecular flexibility index (Phi) is 25.9. The Bertz CT molecular complexity index is 2830. The van der Waals surface area contributed by atoms with Gasteiger partial charge in [-0.1, -0.05) is 81.3 Å². The number of hydrogen-bond donors (Lipinski definition) is 6. The summed E-state index contributed by atoms with van der Waals surface area (Å²) in [6.45, 7) is 21.1. The van der Waals surface area contributed by atoms with E-state index >= 15 is 0 Å². The zero-order valence-electron chi connectivity index (χ0n) is 49.9. The largest absolute Gasteiger partial charge is 0.507 e. The van der Waals surface area contributed by atoms with Gasteiger partial charge < -0.3 is 55.8 Å². The number of nitrogens with two attached hydrogens (primary N) is 2. The Morgan fingerprint density at radius 2 is 1.63 bits per heavy atom. The van der Waals surface area contributed by atoms with Crippen molar-refractivity contribution >= 4 is 29.7 Å². The van der Waals surface area contributed by atoms with Crippen molar-refractivity contribution in [2.24, 2.45) is 23.3 Å². The lowest BCUT2D eigenvalue weighted by molar-refractivity contribution is -0.122. The molecule has 0 spiro atoms. The second-order valence-corrected chi connectivity index (χ2v) is 22.5. The lowest BCUT2D eigenvalue weighted by Gasteiger charge is -2.42. The van der Waals surface area contributed by atoms with Gasteiger partial charge in [-0.05, 0) is 152 Å². The number of imidazole rings is 1. The van der Waals surface area contributed by atoms with Crippen LogP contribution < -0.4 is 21.7 Å². The molecule has 1 saturated carbocycles. The van der Waals surface area contributed by atoms with E-state index in [1.807, 2.05) is 50.3 Å². The van der Waals surface area contributed by atoms with Crippen LogP contribution in [0, 0.1) is 41.4 Å². The molecule has 18 nitrogen and oxygen atoms in total. The minimum absolute atomic E-state index is 0.00270. The number of carbonyl (C=O) groups is 2. The van der Waals surface area contributed by atoms with E-state index in [0.29, 0.717) is 41.9 Å². The summed E-state index contributed by atoms with van der Waals surface area (Å²) < 4.78 is 15.2. The number of aromatic nitrogens is 5. The number of phenolic OH excluding ortho intramolecular Hbond substituents is 1. The summed E-state index contributed by atoms with van der Waals surface area (Å²) in [5.74, 6) is 9.63. The number of phenols is 1. The van der Waals surface area contributed by atoms with Crippen molar-refractivity contribution in [1.29, 1.82) is 10.8 Å². The number of ether oxygens (including phenoxy) is 1. The van der Waals surface area contributed by atoms with Gasteiger partial charge in [0.2, 0.25) is 12.3 Å². The number of amidine groups is 1. The monoisotopic (exact) mass is 1120 g/mol. The van der Waals surface area contributed by atoms with Gasteiger partial charge in [0.15, 0.2) is 11.6 Å². The number of piperidine rings is 3. The van der Waals surface area contributed by atoms with E-state index in [1.165, 1.54) is 75.9 Å². The van der Waals surface area contributed by atoms with Crippen molar-refractivity contribution in [1.82, 2.24) is 39.6 Å². The maximum atomic E-state index is 12.8. The van der Waals surface area contributed by atoms with Gasteiger partial charge in [-0.25, -0.2) is 4.98 Å². The molecule has 444 valence electrons. The molecule has 6 heterocycles. The van der Waals surface area contributed by atoms with Crippen LogP contribution in [0.5, 0.6) is 5.75 Å². The van der Waals surface area contributed by atoms with Crippen LogP contribution in [0.1, 0.15) is 164 Å². The summed E-state index contributed by atoms with van der Waals surface area (Å²) in [4.78, 5) is 33.3. The number of aromatic hydroxyl groups is 1. The van der Waals surface area contributed by atoms with E-state index in [-0.39, 0.29) is 41.1 Å². The summed E-state index contributed by atoms with van der Waals surface area (Å²) in [6.07, 6.45) is 25.1. The van der Waals surface area contributed by atoms with Crippen molar-refractivity contribution in [3.63, 3.8) is 0 Å². The lowest BCUT2D eigenvalue weighted by atomic mass is 9.85. The highest BCUT2D eigenvalue weighted by molar-refractivity contribution is 6.14. The van der Waals surface area contributed by atoms with Crippen LogP contribution in [0.2, 0.25) is 0 Å². The zero-order valence-corrected chi connectivity index (χ0v) is 49.9. The van der Waals surface area contributed by atoms with Crippen LogP contribution in [-0.4, -0.2) is 135 Å². The standard InChI is InChI=1S/C34H50N6O3.C26H32N6O.C3H8.CH3NO/c1-25(29-8-10-30(11-9-29)40-22-17-35-27(40)3)7-5-6-16-36-34(41)26(2)32-23-33(37-43-32)39-20-12-28(13-21-39)24-38-18-14-31(42-4)15-19-38;1-18(20-11-13-31(14-12-20)22-5-4-6-22)32-17-19(16-30-32)9-10-21(26(28)29)15-24(27)23-7-2-3-8-25(23)33;1-3-2;2-1-3/h8-11,17,22-23,25-26,28,31H,5-7,12-16,18-21,24H2,1-4H3,(H,36,41);2-3,7-8,15-18,20,22,27,33H,4-6,11-14H2,1H3,(H3,28,29);3H2,1-2H3;1H,(H2,2,3)/b;21-15-,27-24?;;. The molecule has 8 N–H and O–H groups in total.